The number of carbonyl (C=O) groups excluding carboxylic acids is 2. The molecule has 6 heteroatoms. The van der Waals surface area contributed by atoms with E-state index >= 15 is 0 Å². The summed E-state index contributed by atoms with van der Waals surface area (Å²) in [6.45, 7) is 1.65. The van der Waals surface area contributed by atoms with Crippen molar-refractivity contribution < 1.29 is 9.59 Å². The molecule has 1 unspecified atom stereocenters. The monoisotopic (exact) mass is 287 g/mol. The minimum absolute atomic E-state index is 0.140. The molecule has 0 saturated carbocycles. The number of aromatic amines is 1. The second kappa shape index (κ2) is 5.16. The Morgan fingerprint density at radius 3 is 2.56 bits per heavy atom. The quantitative estimate of drug-likeness (QED) is 0.871. The lowest BCUT2D eigenvalue weighted by atomic mass is 10.3. The van der Waals surface area contributed by atoms with Gasteiger partial charge in [-0.1, -0.05) is 0 Å². The minimum atomic E-state index is -0.537. The Balaban J connectivity index is 2.61. The van der Waals surface area contributed by atoms with Crippen LogP contribution in [0, 0.1) is 0 Å². The molecule has 0 radical (unpaired) electrons. The van der Waals surface area contributed by atoms with E-state index in [-0.39, 0.29) is 11.8 Å². The largest absolute Gasteiger partial charge is 0.356 e. The third-order valence-electron chi connectivity index (χ3n) is 2.05. The molecule has 1 aromatic heterocycles. The van der Waals surface area contributed by atoms with E-state index in [1.54, 1.807) is 33.3 Å². The van der Waals surface area contributed by atoms with Crippen molar-refractivity contribution in [3.63, 3.8) is 0 Å². The summed E-state index contributed by atoms with van der Waals surface area (Å²) in [5.74, 6) is -0.438. The molecule has 88 valence electrons. The van der Waals surface area contributed by atoms with Crippen molar-refractivity contribution in [3.8, 4) is 0 Å². The van der Waals surface area contributed by atoms with Crippen LogP contribution in [0.25, 0.3) is 0 Å². The molecule has 1 rings (SSSR count). The van der Waals surface area contributed by atoms with Crippen LogP contribution in [-0.2, 0) is 4.79 Å². The normalized spacial score (nSPS) is 12.0. The molecule has 0 aliphatic carbocycles. The summed E-state index contributed by atoms with van der Waals surface area (Å²) in [5, 5.41) is 2.61. The van der Waals surface area contributed by atoms with Crippen molar-refractivity contribution in [3.05, 3.63) is 22.4 Å². The van der Waals surface area contributed by atoms with Gasteiger partial charge in [0.05, 0.1) is 0 Å². The van der Waals surface area contributed by atoms with Crippen molar-refractivity contribution in [1.29, 1.82) is 0 Å². The first-order chi connectivity index (χ1) is 7.41. The second-order valence-electron chi connectivity index (χ2n) is 3.66. The zero-order chi connectivity index (χ0) is 12.3. The van der Waals surface area contributed by atoms with Gasteiger partial charge in [0, 0.05) is 24.8 Å². The maximum absolute atomic E-state index is 11.7. The molecule has 0 fully saturated rings. The van der Waals surface area contributed by atoms with E-state index in [4.69, 9.17) is 0 Å². The molecule has 1 atom stereocenters. The van der Waals surface area contributed by atoms with Crippen LogP contribution in [-0.4, -0.2) is 41.8 Å². The number of nitrogens with one attached hydrogen (secondary N) is 2. The standard InChI is InChI=1S/C10H14BrN3O2/c1-6(10(16)14(2)3)13-9(15)8-4-7(11)5-12-8/h4-6,12H,1-3H3,(H,13,15). The number of carbonyl (C=O) groups is 2. The highest BCUT2D eigenvalue weighted by Gasteiger charge is 2.18. The maximum Gasteiger partial charge on any atom is 0.268 e. The first-order valence-electron chi connectivity index (χ1n) is 4.77. The van der Waals surface area contributed by atoms with Gasteiger partial charge >= 0.3 is 0 Å². The molecule has 0 bridgehead atoms. The molecule has 2 amide bonds. The Hall–Kier alpha value is -1.30. The average molecular weight is 288 g/mol. The summed E-state index contributed by atoms with van der Waals surface area (Å²) in [7, 11) is 3.30. The van der Waals surface area contributed by atoms with Crippen LogP contribution in [0.15, 0.2) is 16.7 Å². The van der Waals surface area contributed by atoms with E-state index in [2.05, 4.69) is 26.2 Å². The van der Waals surface area contributed by atoms with Gasteiger partial charge in [0.1, 0.15) is 11.7 Å². The van der Waals surface area contributed by atoms with Crippen molar-refractivity contribution in [2.75, 3.05) is 14.1 Å². The highest BCUT2D eigenvalue weighted by Crippen LogP contribution is 2.10. The molecule has 1 aromatic rings. The molecule has 0 aliphatic rings. The fourth-order valence-corrected chi connectivity index (χ4v) is 1.57. The predicted molar refractivity (Wildman–Crippen MR) is 64.1 cm³/mol. The van der Waals surface area contributed by atoms with Crippen LogP contribution in [0.5, 0.6) is 0 Å². The molecule has 5 nitrogen and oxygen atoms in total. The number of H-pyrrole nitrogens is 1. The number of hydrogen-bond donors (Lipinski definition) is 2. The van der Waals surface area contributed by atoms with Crippen molar-refractivity contribution in [2.24, 2.45) is 0 Å². The SMILES string of the molecule is CC(NC(=O)c1cc(Br)c[nH]1)C(=O)N(C)C. The smallest absolute Gasteiger partial charge is 0.268 e. The number of nitrogens with zero attached hydrogens (tertiary/aromatic N) is 1. The Bertz CT molecular complexity index is 401. The van der Waals surface area contributed by atoms with Crippen LogP contribution in [0.4, 0.5) is 0 Å². The summed E-state index contributed by atoms with van der Waals surface area (Å²) >= 11 is 3.23. The molecular formula is C10H14BrN3O2. The van der Waals surface area contributed by atoms with Crippen LogP contribution in [0.1, 0.15) is 17.4 Å². The van der Waals surface area contributed by atoms with Gasteiger partial charge in [0.15, 0.2) is 0 Å². The summed E-state index contributed by atoms with van der Waals surface area (Å²) in [4.78, 5) is 27.4. The maximum atomic E-state index is 11.7. The van der Waals surface area contributed by atoms with E-state index in [1.807, 2.05) is 0 Å². The lowest BCUT2D eigenvalue weighted by Crippen LogP contribution is -2.44. The van der Waals surface area contributed by atoms with Gasteiger partial charge in [-0.3, -0.25) is 9.59 Å². The van der Waals surface area contributed by atoms with Crippen LogP contribution in [0.2, 0.25) is 0 Å². The Kier molecular flexibility index (Phi) is 4.12. The van der Waals surface area contributed by atoms with Gasteiger partial charge in [-0.05, 0) is 28.9 Å². The van der Waals surface area contributed by atoms with Crippen molar-refractivity contribution in [2.45, 2.75) is 13.0 Å². The Morgan fingerprint density at radius 2 is 2.12 bits per heavy atom. The first-order valence-corrected chi connectivity index (χ1v) is 5.57. The fourth-order valence-electron chi connectivity index (χ4n) is 1.22. The zero-order valence-electron chi connectivity index (χ0n) is 9.37. The summed E-state index contributed by atoms with van der Waals surface area (Å²) < 4.78 is 0.796. The van der Waals surface area contributed by atoms with Gasteiger partial charge in [0.25, 0.3) is 5.91 Å². The highest BCUT2D eigenvalue weighted by atomic mass is 79.9. The van der Waals surface area contributed by atoms with E-state index in [9.17, 15) is 9.59 Å². The molecule has 0 spiro atoms. The van der Waals surface area contributed by atoms with Gasteiger partial charge in [-0.2, -0.15) is 0 Å². The molecule has 16 heavy (non-hydrogen) atoms. The van der Waals surface area contributed by atoms with E-state index in [0.717, 1.165) is 4.47 Å². The van der Waals surface area contributed by atoms with Gasteiger partial charge in [-0.15, -0.1) is 0 Å². The van der Waals surface area contributed by atoms with Crippen LogP contribution in [0.3, 0.4) is 0 Å². The average Bonchev–Trinajstić information content (AvgIpc) is 2.63. The van der Waals surface area contributed by atoms with Crippen LogP contribution < -0.4 is 5.32 Å². The lowest BCUT2D eigenvalue weighted by molar-refractivity contribution is -0.130. The predicted octanol–water partition coefficient (Wildman–Crippen LogP) is 0.984. The first kappa shape index (κ1) is 12.8. The van der Waals surface area contributed by atoms with Gasteiger partial charge in [0.2, 0.25) is 5.91 Å². The zero-order valence-corrected chi connectivity index (χ0v) is 11.0. The molecule has 2 N–H and O–H groups in total. The third kappa shape index (κ3) is 3.10. The van der Waals surface area contributed by atoms with E-state index in [1.165, 1.54) is 4.90 Å². The van der Waals surface area contributed by atoms with Crippen molar-refractivity contribution in [1.82, 2.24) is 15.2 Å². The van der Waals surface area contributed by atoms with Crippen LogP contribution >= 0.6 is 15.9 Å². The number of halogens is 1. The van der Waals surface area contributed by atoms with E-state index < -0.39 is 6.04 Å². The van der Waals surface area contributed by atoms with E-state index in [0.29, 0.717) is 5.69 Å². The summed E-state index contributed by atoms with van der Waals surface area (Å²) in [5.41, 5.74) is 0.422. The number of rotatable bonds is 3. The second-order valence-corrected chi connectivity index (χ2v) is 4.58. The number of hydrogen-bond acceptors (Lipinski definition) is 2. The molecule has 1 heterocycles. The molecule has 0 aromatic carbocycles. The summed E-state index contributed by atoms with van der Waals surface area (Å²) in [6.07, 6.45) is 1.66. The Morgan fingerprint density at radius 1 is 1.50 bits per heavy atom. The molecule has 0 aliphatic heterocycles. The van der Waals surface area contributed by atoms with Gasteiger partial charge in [-0.25, -0.2) is 0 Å². The van der Waals surface area contributed by atoms with Crippen molar-refractivity contribution >= 4 is 27.7 Å². The molecular weight excluding hydrogens is 274 g/mol. The van der Waals surface area contributed by atoms with Gasteiger partial charge < -0.3 is 15.2 Å². The summed E-state index contributed by atoms with van der Waals surface area (Å²) in [6, 6.07) is 1.12. The highest BCUT2D eigenvalue weighted by molar-refractivity contribution is 9.10. The number of amides is 2. The Labute approximate surface area is 102 Å². The topological polar surface area (TPSA) is 65.2 Å². The third-order valence-corrected chi connectivity index (χ3v) is 2.51. The fraction of sp³-hybridized carbons (Fsp3) is 0.400. The molecule has 0 saturated heterocycles. The lowest BCUT2D eigenvalue weighted by Gasteiger charge is -2.17. The number of likely N-dealkylation sites (N-methyl/N-ethyl adjacent to an activating group) is 1. The minimum Gasteiger partial charge on any atom is -0.356 e. The number of aromatic nitrogens is 1.